The van der Waals surface area contributed by atoms with Gasteiger partial charge in [0.2, 0.25) is 0 Å². The molecular formula is C14H21N3O. The highest BCUT2D eigenvalue weighted by atomic mass is 16.3. The summed E-state index contributed by atoms with van der Waals surface area (Å²) < 4.78 is 0. The Morgan fingerprint density at radius 2 is 2.06 bits per heavy atom. The van der Waals surface area contributed by atoms with Crippen LogP contribution in [-0.4, -0.2) is 34.8 Å². The summed E-state index contributed by atoms with van der Waals surface area (Å²) in [6.07, 6.45) is 7.92. The molecule has 18 heavy (non-hydrogen) atoms. The van der Waals surface area contributed by atoms with Crippen LogP contribution in [-0.2, 0) is 0 Å². The van der Waals surface area contributed by atoms with Gasteiger partial charge in [-0.1, -0.05) is 0 Å². The molecule has 1 aromatic heterocycles. The number of pyridine rings is 1. The molecule has 1 aromatic rings. The second kappa shape index (κ2) is 4.76. The van der Waals surface area contributed by atoms with Crippen LogP contribution in [0.5, 0.6) is 0 Å². The molecule has 0 spiro atoms. The van der Waals surface area contributed by atoms with Crippen LogP contribution >= 0.6 is 0 Å². The Bertz CT molecular complexity index is 409. The Balaban J connectivity index is 1.84. The second-order valence-corrected chi connectivity index (χ2v) is 5.38. The number of aromatic nitrogens is 1. The van der Waals surface area contributed by atoms with Gasteiger partial charge in [0.05, 0.1) is 29.9 Å². The van der Waals surface area contributed by atoms with Gasteiger partial charge in [0.1, 0.15) is 0 Å². The second-order valence-electron chi connectivity index (χ2n) is 5.38. The molecule has 0 saturated carbocycles. The van der Waals surface area contributed by atoms with Crippen molar-refractivity contribution >= 4 is 11.4 Å². The number of nitrogens with one attached hydrogen (secondary N) is 1. The molecule has 0 aliphatic carbocycles. The number of rotatable bonds is 3. The molecule has 2 aliphatic rings. The van der Waals surface area contributed by atoms with Gasteiger partial charge in [-0.2, -0.15) is 0 Å². The normalized spacial score (nSPS) is 30.6. The first kappa shape index (κ1) is 11.8. The third-order valence-electron chi connectivity index (χ3n) is 4.11. The van der Waals surface area contributed by atoms with Gasteiger partial charge in [0, 0.05) is 18.6 Å². The summed E-state index contributed by atoms with van der Waals surface area (Å²) in [5.41, 5.74) is 2.29. The summed E-state index contributed by atoms with van der Waals surface area (Å²) in [5, 5.41) is 13.1. The fourth-order valence-corrected chi connectivity index (χ4v) is 3.44. The number of aliphatic hydroxyl groups is 1. The lowest BCUT2D eigenvalue weighted by Crippen LogP contribution is -2.44. The highest BCUT2D eigenvalue weighted by Gasteiger charge is 2.40. The predicted molar refractivity (Wildman–Crippen MR) is 72.9 cm³/mol. The molecule has 2 atom stereocenters. The van der Waals surface area contributed by atoms with Crippen molar-refractivity contribution < 1.29 is 5.11 Å². The molecule has 2 saturated heterocycles. The molecule has 98 valence electrons. The van der Waals surface area contributed by atoms with E-state index in [1.54, 1.807) is 0 Å². The summed E-state index contributed by atoms with van der Waals surface area (Å²) in [6.45, 7) is 3.00. The van der Waals surface area contributed by atoms with E-state index < -0.39 is 0 Å². The summed E-state index contributed by atoms with van der Waals surface area (Å²) in [7, 11) is 0. The van der Waals surface area contributed by atoms with Crippen molar-refractivity contribution in [3.63, 3.8) is 0 Å². The lowest BCUT2D eigenvalue weighted by molar-refractivity contribution is 0.126. The van der Waals surface area contributed by atoms with E-state index in [1.165, 1.54) is 18.5 Å². The molecule has 4 heteroatoms. The Labute approximate surface area is 108 Å². The fourth-order valence-electron chi connectivity index (χ4n) is 3.44. The molecule has 2 aliphatic heterocycles. The highest BCUT2D eigenvalue weighted by molar-refractivity contribution is 5.57. The minimum atomic E-state index is -0.108. The maximum atomic E-state index is 9.84. The third kappa shape index (κ3) is 2.05. The van der Waals surface area contributed by atoms with Crippen LogP contribution in [0.4, 0.5) is 11.4 Å². The van der Waals surface area contributed by atoms with Crippen LogP contribution in [0.1, 0.15) is 32.6 Å². The van der Waals surface area contributed by atoms with Gasteiger partial charge in [-0.05, 0) is 38.7 Å². The zero-order valence-corrected chi connectivity index (χ0v) is 10.8. The van der Waals surface area contributed by atoms with Gasteiger partial charge < -0.3 is 15.3 Å². The smallest absolute Gasteiger partial charge is 0.0579 e. The largest absolute Gasteiger partial charge is 0.393 e. The topological polar surface area (TPSA) is 48.4 Å². The van der Waals surface area contributed by atoms with Crippen molar-refractivity contribution in [1.82, 2.24) is 4.98 Å². The van der Waals surface area contributed by atoms with Crippen molar-refractivity contribution in [3.05, 3.63) is 18.5 Å². The van der Waals surface area contributed by atoms with Gasteiger partial charge in [0.25, 0.3) is 0 Å². The minimum absolute atomic E-state index is 0.108. The molecule has 0 radical (unpaired) electrons. The standard InChI is InChI=1S/C14H21N3O/c1-2-16-10-5-13(9-15-8-10)17-11-3-4-12(17)7-14(18)6-11/h5,8-9,11-12,14,16,18H,2-4,6-7H2,1H3. The van der Waals surface area contributed by atoms with Crippen molar-refractivity contribution in [2.75, 3.05) is 16.8 Å². The van der Waals surface area contributed by atoms with E-state index in [1.807, 2.05) is 12.4 Å². The van der Waals surface area contributed by atoms with E-state index in [4.69, 9.17) is 0 Å². The number of fused-ring (bicyclic) bond motifs is 2. The first-order valence-electron chi connectivity index (χ1n) is 6.93. The van der Waals surface area contributed by atoms with Crippen LogP contribution in [0.15, 0.2) is 18.5 Å². The van der Waals surface area contributed by atoms with Crippen molar-refractivity contribution in [1.29, 1.82) is 0 Å². The minimum Gasteiger partial charge on any atom is -0.393 e. The fraction of sp³-hybridized carbons (Fsp3) is 0.643. The number of anilines is 2. The van der Waals surface area contributed by atoms with E-state index in [0.717, 1.165) is 25.1 Å². The van der Waals surface area contributed by atoms with Gasteiger partial charge in [0.15, 0.2) is 0 Å². The first-order valence-corrected chi connectivity index (χ1v) is 6.93. The van der Waals surface area contributed by atoms with E-state index >= 15 is 0 Å². The number of hydrogen-bond donors (Lipinski definition) is 2. The highest BCUT2D eigenvalue weighted by Crippen LogP contribution is 2.39. The van der Waals surface area contributed by atoms with E-state index in [2.05, 4.69) is 28.2 Å². The summed E-state index contributed by atoms with van der Waals surface area (Å²) >= 11 is 0. The van der Waals surface area contributed by atoms with Gasteiger partial charge in [-0.25, -0.2) is 0 Å². The van der Waals surface area contributed by atoms with Gasteiger partial charge >= 0.3 is 0 Å². The lowest BCUT2D eigenvalue weighted by atomic mass is 9.99. The average molecular weight is 247 g/mol. The van der Waals surface area contributed by atoms with Crippen LogP contribution < -0.4 is 10.2 Å². The molecule has 2 fully saturated rings. The average Bonchev–Trinajstić information content (AvgIpc) is 2.63. The van der Waals surface area contributed by atoms with Crippen LogP contribution in [0.2, 0.25) is 0 Å². The number of aliphatic hydroxyl groups excluding tert-OH is 1. The van der Waals surface area contributed by atoms with Crippen molar-refractivity contribution in [2.45, 2.75) is 50.8 Å². The Morgan fingerprint density at radius 1 is 1.33 bits per heavy atom. The maximum Gasteiger partial charge on any atom is 0.0579 e. The summed E-state index contributed by atoms with van der Waals surface area (Å²) in [6, 6.07) is 3.18. The molecule has 4 nitrogen and oxygen atoms in total. The SMILES string of the molecule is CCNc1cncc(N2C3CCC2CC(O)C3)c1. The molecule has 2 N–H and O–H groups in total. The number of hydrogen-bond acceptors (Lipinski definition) is 4. The zero-order chi connectivity index (χ0) is 12.5. The molecule has 3 rings (SSSR count). The quantitative estimate of drug-likeness (QED) is 0.858. The Hall–Kier alpha value is -1.29. The molecule has 0 aromatic carbocycles. The lowest BCUT2D eigenvalue weighted by Gasteiger charge is -2.38. The monoisotopic (exact) mass is 247 g/mol. The van der Waals surface area contributed by atoms with Gasteiger partial charge in [-0.3, -0.25) is 4.98 Å². The number of nitrogens with zero attached hydrogens (tertiary/aromatic N) is 2. The van der Waals surface area contributed by atoms with E-state index in [-0.39, 0.29) is 6.10 Å². The molecule has 2 bridgehead atoms. The molecule has 0 amide bonds. The molecule has 3 heterocycles. The number of piperidine rings is 1. The van der Waals surface area contributed by atoms with Crippen LogP contribution in [0, 0.1) is 0 Å². The van der Waals surface area contributed by atoms with E-state index in [0.29, 0.717) is 12.1 Å². The van der Waals surface area contributed by atoms with Crippen LogP contribution in [0.25, 0.3) is 0 Å². The van der Waals surface area contributed by atoms with Gasteiger partial charge in [-0.15, -0.1) is 0 Å². The molecule has 2 unspecified atom stereocenters. The first-order chi connectivity index (χ1) is 8.78. The van der Waals surface area contributed by atoms with Crippen LogP contribution in [0.3, 0.4) is 0 Å². The maximum absolute atomic E-state index is 9.84. The van der Waals surface area contributed by atoms with Crippen molar-refractivity contribution in [2.24, 2.45) is 0 Å². The third-order valence-corrected chi connectivity index (χ3v) is 4.11. The van der Waals surface area contributed by atoms with E-state index in [9.17, 15) is 5.11 Å². The Morgan fingerprint density at radius 3 is 2.72 bits per heavy atom. The summed E-state index contributed by atoms with van der Waals surface area (Å²) in [4.78, 5) is 6.80. The van der Waals surface area contributed by atoms with Crippen molar-refractivity contribution in [3.8, 4) is 0 Å². The zero-order valence-electron chi connectivity index (χ0n) is 10.8. The Kier molecular flexibility index (Phi) is 3.12. The molecular weight excluding hydrogens is 226 g/mol. The summed E-state index contributed by atoms with van der Waals surface area (Å²) in [5.74, 6) is 0. The predicted octanol–water partition coefficient (Wildman–Crippen LogP) is 2.01.